The first-order valence-corrected chi connectivity index (χ1v) is 6.77. The van der Waals surface area contributed by atoms with Crippen LogP contribution in [-0.2, 0) is 0 Å². The van der Waals surface area contributed by atoms with E-state index in [1.165, 1.54) is 25.7 Å². The molecule has 2 atom stereocenters. The van der Waals surface area contributed by atoms with Gasteiger partial charge in [0.1, 0.15) is 0 Å². The zero-order valence-electron chi connectivity index (χ0n) is 11.1. The third-order valence-electron chi connectivity index (χ3n) is 3.88. The van der Waals surface area contributed by atoms with Gasteiger partial charge >= 0.3 is 0 Å². The lowest BCUT2D eigenvalue weighted by Gasteiger charge is -2.31. The molecule has 1 fully saturated rings. The minimum atomic E-state index is 0.652. The predicted octanol–water partition coefficient (Wildman–Crippen LogP) is 2.27. The smallest absolute Gasteiger partial charge is 0.214 e. The molecule has 1 aliphatic carbocycles. The first-order chi connectivity index (χ1) is 8.83. The molecule has 4 nitrogen and oxygen atoms in total. The molecule has 0 bridgehead atoms. The van der Waals surface area contributed by atoms with Gasteiger partial charge in [0.2, 0.25) is 5.88 Å². The van der Waals surface area contributed by atoms with Gasteiger partial charge in [-0.05, 0) is 37.3 Å². The van der Waals surface area contributed by atoms with Crippen LogP contribution in [0.2, 0.25) is 0 Å². The number of nitrogens with one attached hydrogen (secondary N) is 1. The van der Waals surface area contributed by atoms with Gasteiger partial charge in [-0.1, -0.05) is 12.8 Å². The van der Waals surface area contributed by atoms with E-state index in [2.05, 4.69) is 10.3 Å². The van der Waals surface area contributed by atoms with E-state index in [0.29, 0.717) is 17.7 Å². The van der Waals surface area contributed by atoms with E-state index >= 15 is 0 Å². The highest BCUT2D eigenvalue weighted by Crippen LogP contribution is 2.29. The predicted molar refractivity (Wildman–Crippen MR) is 73.8 cm³/mol. The van der Waals surface area contributed by atoms with Crippen molar-refractivity contribution in [3.63, 3.8) is 0 Å². The molecule has 0 aromatic carbocycles. The normalized spacial score (nSPS) is 23.7. The molecule has 100 valence electrons. The molecule has 3 N–H and O–H groups in total. The van der Waals surface area contributed by atoms with Crippen molar-refractivity contribution in [3.8, 4) is 5.88 Å². The van der Waals surface area contributed by atoms with Gasteiger partial charge < -0.3 is 15.8 Å². The van der Waals surface area contributed by atoms with E-state index in [0.717, 1.165) is 18.8 Å². The van der Waals surface area contributed by atoms with E-state index in [9.17, 15) is 0 Å². The maximum Gasteiger partial charge on any atom is 0.214 e. The molecule has 1 aliphatic rings. The highest BCUT2D eigenvalue weighted by atomic mass is 16.5. The number of rotatable bonds is 5. The lowest BCUT2D eigenvalue weighted by Crippen LogP contribution is -2.31. The largest absolute Gasteiger partial charge is 0.481 e. The van der Waals surface area contributed by atoms with Crippen LogP contribution in [0.3, 0.4) is 0 Å². The molecule has 2 rings (SSSR count). The van der Waals surface area contributed by atoms with Crippen LogP contribution in [0.25, 0.3) is 0 Å². The van der Waals surface area contributed by atoms with Gasteiger partial charge in [0.05, 0.1) is 7.11 Å². The maximum atomic E-state index is 5.85. The number of aromatic nitrogens is 1. The van der Waals surface area contributed by atoms with Crippen molar-refractivity contribution >= 4 is 5.69 Å². The number of hydrogen-bond donors (Lipinski definition) is 2. The average Bonchev–Trinajstić information content (AvgIpc) is 2.45. The van der Waals surface area contributed by atoms with Crippen molar-refractivity contribution in [2.75, 3.05) is 25.5 Å². The second-order valence-corrected chi connectivity index (χ2v) is 5.01. The van der Waals surface area contributed by atoms with E-state index in [1.807, 2.05) is 12.1 Å². The Bertz CT molecular complexity index is 370. The molecule has 0 spiro atoms. The highest BCUT2D eigenvalue weighted by molar-refractivity contribution is 5.44. The lowest BCUT2D eigenvalue weighted by atomic mass is 9.79. The summed E-state index contributed by atoms with van der Waals surface area (Å²) in [6, 6.07) is 3.91. The van der Waals surface area contributed by atoms with Crippen molar-refractivity contribution in [1.82, 2.24) is 4.98 Å². The van der Waals surface area contributed by atoms with Crippen LogP contribution >= 0.6 is 0 Å². The Morgan fingerprint density at radius 1 is 1.39 bits per heavy atom. The lowest BCUT2D eigenvalue weighted by molar-refractivity contribution is 0.255. The molecule has 2 unspecified atom stereocenters. The number of anilines is 1. The van der Waals surface area contributed by atoms with Gasteiger partial charge in [-0.2, -0.15) is 0 Å². The summed E-state index contributed by atoms with van der Waals surface area (Å²) >= 11 is 0. The summed E-state index contributed by atoms with van der Waals surface area (Å²) < 4.78 is 5.12. The number of pyridine rings is 1. The first kappa shape index (κ1) is 13.1. The van der Waals surface area contributed by atoms with Gasteiger partial charge in [-0.25, -0.2) is 4.98 Å². The zero-order chi connectivity index (χ0) is 12.8. The van der Waals surface area contributed by atoms with E-state index in [4.69, 9.17) is 10.5 Å². The topological polar surface area (TPSA) is 60.2 Å². The third-order valence-corrected chi connectivity index (χ3v) is 3.88. The number of methoxy groups -OCH3 is 1. The molecule has 0 saturated heterocycles. The summed E-state index contributed by atoms with van der Waals surface area (Å²) in [5.74, 6) is 2.02. The zero-order valence-corrected chi connectivity index (χ0v) is 11.1. The first-order valence-electron chi connectivity index (χ1n) is 6.77. The van der Waals surface area contributed by atoms with Crippen LogP contribution in [0, 0.1) is 11.8 Å². The van der Waals surface area contributed by atoms with Gasteiger partial charge in [0, 0.05) is 24.5 Å². The van der Waals surface area contributed by atoms with E-state index in [1.54, 1.807) is 13.3 Å². The standard InChI is InChI=1S/C14H23N3O/c1-18-14-8-13(6-7-16-14)17-10-12-5-3-2-4-11(12)9-15/h6-8,11-12H,2-5,9-10,15H2,1H3,(H,16,17). The summed E-state index contributed by atoms with van der Waals surface area (Å²) in [4.78, 5) is 4.10. The summed E-state index contributed by atoms with van der Waals surface area (Å²) in [5, 5.41) is 3.48. The quantitative estimate of drug-likeness (QED) is 0.840. The highest BCUT2D eigenvalue weighted by Gasteiger charge is 2.23. The van der Waals surface area contributed by atoms with Crippen molar-refractivity contribution < 1.29 is 4.74 Å². The Kier molecular flexibility index (Phi) is 4.81. The number of ether oxygens (including phenoxy) is 1. The van der Waals surface area contributed by atoms with Gasteiger partial charge in [-0.3, -0.25) is 0 Å². The fourth-order valence-corrected chi connectivity index (χ4v) is 2.74. The molecule has 18 heavy (non-hydrogen) atoms. The third kappa shape index (κ3) is 3.35. The van der Waals surface area contributed by atoms with Crippen molar-refractivity contribution in [2.45, 2.75) is 25.7 Å². The molecule has 1 aromatic heterocycles. The maximum absolute atomic E-state index is 5.85. The van der Waals surface area contributed by atoms with Crippen molar-refractivity contribution in [3.05, 3.63) is 18.3 Å². The summed E-state index contributed by atoms with van der Waals surface area (Å²) in [6.07, 6.45) is 7.01. The van der Waals surface area contributed by atoms with Gasteiger partial charge in [0.25, 0.3) is 0 Å². The summed E-state index contributed by atoms with van der Waals surface area (Å²) in [5.41, 5.74) is 6.92. The van der Waals surface area contributed by atoms with Crippen LogP contribution in [0.4, 0.5) is 5.69 Å². The summed E-state index contributed by atoms with van der Waals surface area (Å²) in [6.45, 7) is 1.81. The van der Waals surface area contributed by atoms with Crippen LogP contribution in [0.1, 0.15) is 25.7 Å². The number of nitrogens with two attached hydrogens (primary N) is 1. The molecule has 0 aliphatic heterocycles. The van der Waals surface area contributed by atoms with Crippen LogP contribution in [0.15, 0.2) is 18.3 Å². The minimum absolute atomic E-state index is 0.652. The Morgan fingerprint density at radius 2 is 2.17 bits per heavy atom. The second-order valence-electron chi connectivity index (χ2n) is 5.01. The van der Waals surface area contributed by atoms with Crippen molar-refractivity contribution in [1.29, 1.82) is 0 Å². The molecular formula is C14H23N3O. The summed E-state index contributed by atoms with van der Waals surface area (Å²) in [7, 11) is 1.64. The van der Waals surface area contributed by atoms with E-state index < -0.39 is 0 Å². The van der Waals surface area contributed by atoms with Crippen LogP contribution in [0.5, 0.6) is 5.88 Å². The Balaban J connectivity index is 1.89. The Labute approximate surface area is 109 Å². The molecule has 1 saturated carbocycles. The fraction of sp³-hybridized carbons (Fsp3) is 0.643. The SMILES string of the molecule is COc1cc(NCC2CCCCC2CN)ccn1. The van der Waals surface area contributed by atoms with Crippen LogP contribution < -0.4 is 15.8 Å². The van der Waals surface area contributed by atoms with Gasteiger partial charge in [-0.15, -0.1) is 0 Å². The second kappa shape index (κ2) is 6.59. The molecule has 1 aromatic rings. The number of hydrogen-bond acceptors (Lipinski definition) is 4. The minimum Gasteiger partial charge on any atom is -0.481 e. The monoisotopic (exact) mass is 249 g/mol. The molecular weight excluding hydrogens is 226 g/mol. The molecule has 0 amide bonds. The van der Waals surface area contributed by atoms with Crippen molar-refractivity contribution in [2.24, 2.45) is 17.6 Å². The molecule has 0 radical (unpaired) electrons. The Morgan fingerprint density at radius 3 is 2.89 bits per heavy atom. The fourth-order valence-electron chi connectivity index (χ4n) is 2.74. The average molecular weight is 249 g/mol. The Hall–Kier alpha value is -1.29. The number of nitrogens with zero attached hydrogens (tertiary/aromatic N) is 1. The van der Waals surface area contributed by atoms with Crippen LogP contribution in [-0.4, -0.2) is 25.2 Å². The van der Waals surface area contributed by atoms with Gasteiger partial charge in [0.15, 0.2) is 0 Å². The molecule has 4 heteroatoms. The molecule has 1 heterocycles. The van der Waals surface area contributed by atoms with E-state index in [-0.39, 0.29) is 0 Å².